The summed E-state index contributed by atoms with van der Waals surface area (Å²) in [5, 5.41) is 7.78. The molecule has 0 bridgehead atoms. The molecule has 1 atom stereocenters. The largest absolute Gasteiger partial charge is 0.288 e. The Hall–Kier alpha value is 0.370. The zero-order valence-electron chi connectivity index (χ0n) is 4.10. The number of hydrogen-bond donors (Lipinski definition) is 1. The summed E-state index contributed by atoms with van der Waals surface area (Å²) >= 11 is 3.32. The van der Waals surface area contributed by atoms with E-state index >= 15 is 0 Å². The first-order valence-electron chi connectivity index (χ1n) is 2.17. The molecule has 0 radical (unpaired) electrons. The maximum absolute atomic E-state index is 7.10. The molecule has 1 aliphatic heterocycles. The fraction of sp³-hybridized carbons (Fsp3) is 0.750. The molecule has 0 unspecified atom stereocenters. The fourth-order valence-electron chi connectivity index (χ4n) is 0.444. The molecule has 1 fully saturated rings. The number of hydrogen-bond acceptors (Lipinski definition) is 3. The monoisotopic (exact) mass is 133 g/mol. The summed E-state index contributed by atoms with van der Waals surface area (Å²) in [6, 6.07) is 0. The van der Waals surface area contributed by atoms with E-state index < -0.39 is 0 Å². The molecule has 0 aliphatic carbocycles. The van der Waals surface area contributed by atoms with E-state index in [0.29, 0.717) is 5.25 Å². The molecule has 0 aromatic heterocycles. The molecular formula is C4H7NS2. The van der Waals surface area contributed by atoms with Gasteiger partial charge in [-0.1, -0.05) is 30.4 Å². The van der Waals surface area contributed by atoms with E-state index in [1.807, 2.05) is 0 Å². The summed E-state index contributed by atoms with van der Waals surface area (Å²) in [6.07, 6.45) is 0. The molecule has 1 nitrogen and oxygen atoms in total. The molecule has 1 saturated heterocycles. The number of thioether (sulfide) groups is 2. The lowest BCUT2D eigenvalue weighted by Gasteiger charge is -1.89. The van der Waals surface area contributed by atoms with Crippen LogP contribution >= 0.6 is 23.5 Å². The lowest BCUT2D eigenvalue weighted by atomic mass is 10.6. The standard InChI is InChI=1S/C4H7NS2/c1-3-2-6-4(5)7-3/h3,5H,2H2,1H3/t3-/m0/s1. The average molecular weight is 133 g/mol. The molecule has 1 N–H and O–H groups in total. The van der Waals surface area contributed by atoms with Gasteiger partial charge >= 0.3 is 0 Å². The van der Waals surface area contributed by atoms with Gasteiger partial charge in [-0.3, -0.25) is 5.41 Å². The Bertz CT molecular complexity index is 91.7. The van der Waals surface area contributed by atoms with Gasteiger partial charge in [-0.25, -0.2) is 0 Å². The molecule has 40 valence electrons. The van der Waals surface area contributed by atoms with E-state index in [-0.39, 0.29) is 0 Å². The van der Waals surface area contributed by atoms with Crippen molar-refractivity contribution < 1.29 is 0 Å². The summed E-state index contributed by atoms with van der Waals surface area (Å²) in [5.74, 6) is 1.13. The molecule has 1 aliphatic rings. The van der Waals surface area contributed by atoms with Crippen LogP contribution in [0.1, 0.15) is 6.92 Å². The summed E-state index contributed by atoms with van der Waals surface area (Å²) in [4.78, 5) is 0. The van der Waals surface area contributed by atoms with Gasteiger partial charge in [0.15, 0.2) is 0 Å². The predicted molar refractivity (Wildman–Crippen MR) is 37.2 cm³/mol. The third-order valence-electron chi connectivity index (χ3n) is 0.757. The third kappa shape index (κ3) is 1.39. The Balaban J connectivity index is 2.40. The first kappa shape index (κ1) is 5.51. The number of nitrogens with one attached hydrogen (secondary N) is 1. The quantitative estimate of drug-likeness (QED) is 0.544. The minimum Gasteiger partial charge on any atom is -0.288 e. The smallest absolute Gasteiger partial charge is 0.122 e. The van der Waals surface area contributed by atoms with Crippen molar-refractivity contribution in [2.75, 3.05) is 5.75 Å². The molecular weight excluding hydrogens is 126 g/mol. The van der Waals surface area contributed by atoms with Gasteiger partial charge in [0.05, 0.1) is 0 Å². The van der Waals surface area contributed by atoms with Crippen LogP contribution in [-0.2, 0) is 0 Å². The van der Waals surface area contributed by atoms with Crippen molar-refractivity contribution >= 4 is 27.9 Å². The maximum atomic E-state index is 7.10. The van der Waals surface area contributed by atoms with Crippen LogP contribution < -0.4 is 0 Å². The summed E-state index contributed by atoms with van der Waals surface area (Å²) in [5.41, 5.74) is 0. The van der Waals surface area contributed by atoms with E-state index in [1.165, 1.54) is 0 Å². The molecule has 0 spiro atoms. The van der Waals surface area contributed by atoms with Crippen molar-refractivity contribution in [3.8, 4) is 0 Å². The van der Waals surface area contributed by atoms with E-state index in [1.54, 1.807) is 23.5 Å². The molecule has 7 heavy (non-hydrogen) atoms. The van der Waals surface area contributed by atoms with Gasteiger partial charge in [-0.2, -0.15) is 0 Å². The van der Waals surface area contributed by atoms with Crippen LogP contribution in [0.3, 0.4) is 0 Å². The fourth-order valence-corrected chi connectivity index (χ4v) is 2.64. The van der Waals surface area contributed by atoms with Crippen molar-refractivity contribution in [1.82, 2.24) is 0 Å². The Morgan fingerprint density at radius 1 is 1.86 bits per heavy atom. The Kier molecular flexibility index (Phi) is 1.65. The Labute approximate surface area is 51.8 Å². The zero-order valence-corrected chi connectivity index (χ0v) is 5.73. The van der Waals surface area contributed by atoms with E-state index in [4.69, 9.17) is 5.41 Å². The second-order valence-electron chi connectivity index (χ2n) is 1.53. The Morgan fingerprint density at radius 2 is 2.57 bits per heavy atom. The highest BCUT2D eigenvalue weighted by molar-refractivity contribution is 8.41. The van der Waals surface area contributed by atoms with Crippen molar-refractivity contribution in [2.24, 2.45) is 0 Å². The van der Waals surface area contributed by atoms with E-state index in [2.05, 4.69) is 6.92 Å². The average Bonchev–Trinajstić information content (AvgIpc) is 1.87. The minimum atomic E-state index is 0.678. The summed E-state index contributed by atoms with van der Waals surface area (Å²) in [6.45, 7) is 2.15. The van der Waals surface area contributed by atoms with Crippen molar-refractivity contribution in [3.05, 3.63) is 0 Å². The second kappa shape index (κ2) is 2.09. The van der Waals surface area contributed by atoms with Gasteiger partial charge < -0.3 is 0 Å². The lowest BCUT2D eigenvalue weighted by molar-refractivity contribution is 1.15. The van der Waals surface area contributed by atoms with Crippen LogP contribution in [0.15, 0.2) is 0 Å². The Morgan fingerprint density at radius 3 is 2.71 bits per heavy atom. The first-order valence-corrected chi connectivity index (χ1v) is 4.03. The van der Waals surface area contributed by atoms with Crippen molar-refractivity contribution in [2.45, 2.75) is 12.2 Å². The van der Waals surface area contributed by atoms with Gasteiger partial charge in [0.1, 0.15) is 4.38 Å². The van der Waals surface area contributed by atoms with Gasteiger partial charge in [0, 0.05) is 11.0 Å². The van der Waals surface area contributed by atoms with Crippen LogP contribution in [0.5, 0.6) is 0 Å². The third-order valence-corrected chi connectivity index (χ3v) is 3.32. The van der Waals surface area contributed by atoms with Crippen molar-refractivity contribution in [3.63, 3.8) is 0 Å². The first-order chi connectivity index (χ1) is 3.29. The topological polar surface area (TPSA) is 23.9 Å². The lowest BCUT2D eigenvalue weighted by Crippen LogP contribution is -1.89. The maximum Gasteiger partial charge on any atom is 0.122 e. The highest BCUT2D eigenvalue weighted by Gasteiger charge is 2.15. The normalized spacial score (nSPS) is 31.6. The summed E-state index contributed by atoms with van der Waals surface area (Å²) < 4.78 is 0.785. The van der Waals surface area contributed by atoms with Gasteiger partial charge in [0.2, 0.25) is 0 Å². The minimum absolute atomic E-state index is 0.678. The van der Waals surface area contributed by atoms with Crippen LogP contribution in [0, 0.1) is 5.41 Å². The molecule has 1 rings (SSSR count). The van der Waals surface area contributed by atoms with E-state index in [9.17, 15) is 0 Å². The predicted octanol–water partition coefficient (Wildman–Crippen LogP) is 1.79. The summed E-state index contributed by atoms with van der Waals surface area (Å²) in [7, 11) is 0. The molecule has 0 saturated carbocycles. The van der Waals surface area contributed by atoms with Gasteiger partial charge in [0.25, 0.3) is 0 Å². The number of rotatable bonds is 0. The van der Waals surface area contributed by atoms with Gasteiger partial charge in [-0.05, 0) is 0 Å². The molecule has 1 heterocycles. The highest BCUT2D eigenvalue weighted by Crippen LogP contribution is 2.30. The van der Waals surface area contributed by atoms with Crippen LogP contribution in [0.25, 0.3) is 0 Å². The molecule has 3 heteroatoms. The van der Waals surface area contributed by atoms with Crippen molar-refractivity contribution in [1.29, 1.82) is 5.41 Å². The molecule has 0 amide bonds. The molecule has 0 aromatic rings. The SMILES string of the molecule is C[C@H]1CSC(=N)S1. The van der Waals surface area contributed by atoms with Crippen LogP contribution in [0.2, 0.25) is 0 Å². The van der Waals surface area contributed by atoms with Crippen LogP contribution in [0.4, 0.5) is 0 Å². The highest BCUT2D eigenvalue weighted by atomic mass is 32.2. The van der Waals surface area contributed by atoms with Crippen LogP contribution in [-0.4, -0.2) is 15.4 Å². The molecule has 0 aromatic carbocycles. The second-order valence-corrected chi connectivity index (χ2v) is 4.26. The zero-order chi connectivity index (χ0) is 5.28. The van der Waals surface area contributed by atoms with Gasteiger partial charge in [-0.15, -0.1) is 0 Å². The van der Waals surface area contributed by atoms with E-state index in [0.717, 1.165) is 10.1 Å².